The van der Waals surface area contributed by atoms with E-state index in [4.69, 9.17) is 0 Å². The van der Waals surface area contributed by atoms with Crippen molar-refractivity contribution in [2.75, 3.05) is 0 Å². The van der Waals surface area contributed by atoms with Gasteiger partial charge in [-0.3, -0.25) is 10.0 Å². The highest BCUT2D eigenvalue weighted by molar-refractivity contribution is 7.17. The smallest absolute Gasteiger partial charge is 0.243 e. The van der Waals surface area contributed by atoms with Crippen molar-refractivity contribution < 1.29 is 10.0 Å². The van der Waals surface area contributed by atoms with Gasteiger partial charge >= 0.3 is 0 Å². The van der Waals surface area contributed by atoms with E-state index in [9.17, 15) is 10.0 Å². The number of hydrogen-bond donors (Lipinski definition) is 1. The summed E-state index contributed by atoms with van der Waals surface area (Å²) < 4.78 is 2.28. The molecule has 0 saturated carbocycles. The summed E-state index contributed by atoms with van der Waals surface area (Å²) >= 11 is 3.25. The molecule has 0 bridgehead atoms. The number of fused-ring (bicyclic) bond motifs is 2. The Kier molecular flexibility index (Phi) is 3.87. The summed E-state index contributed by atoms with van der Waals surface area (Å²) in [6.45, 7) is 3.30. The van der Waals surface area contributed by atoms with Crippen LogP contribution in [-0.4, -0.2) is 16.2 Å². The first-order valence-corrected chi connectivity index (χ1v) is 9.72. The largest absolute Gasteiger partial charge is 0.285 e. The van der Waals surface area contributed by atoms with E-state index in [-0.39, 0.29) is 5.91 Å². The van der Waals surface area contributed by atoms with Gasteiger partial charge in [-0.05, 0) is 40.6 Å². The lowest BCUT2D eigenvalue weighted by Gasteiger charge is -2.36. The number of rotatable bonds is 3. The second-order valence-electron chi connectivity index (χ2n) is 6.19. The van der Waals surface area contributed by atoms with Crippen LogP contribution in [0.5, 0.6) is 0 Å². The summed E-state index contributed by atoms with van der Waals surface area (Å²) in [6, 6.07) is 16.2. The zero-order valence-corrected chi connectivity index (χ0v) is 15.5. The number of thiophene rings is 2. The zero-order chi connectivity index (χ0) is 17.6. The Balaban J connectivity index is 2.05. The lowest BCUT2D eigenvalue weighted by Crippen LogP contribution is -2.45. The van der Waals surface area contributed by atoms with Gasteiger partial charge in [0.2, 0.25) is 5.91 Å². The van der Waals surface area contributed by atoms with Gasteiger partial charge < -0.3 is 0 Å². The maximum absolute atomic E-state index is 12.1. The van der Waals surface area contributed by atoms with E-state index in [1.54, 1.807) is 22.7 Å². The van der Waals surface area contributed by atoms with Crippen molar-refractivity contribution >= 4 is 48.8 Å². The van der Waals surface area contributed by atoms with E-state index in [1.165, 1.54) is 6.92 Å². The van der Waals surface area contributed by atoms with Crippen LogP contribution >= 0.6 is 22.7 Å². The van der Waals surface area contributed by atoms with Gasteiger partial charge in [-0.1, -0.05) is 36.4 Å². The molecule has 1 N–H and O–H groups in total. The fourth-order valence-corrected chi connectivity index (χ4v) is 5.52. The van der Waals surface area contributed by atoms with E-state index < -0.39 is 5.54 Å². The first-order chi connectivity index (χ1) is 12.0. The summed E-state index contributed by atoms with van der Waals surface area (Å²) in [5, 5.41) is 17.9. The molecule has 0 fully saturated rings. The van der Waals surface area contributed by atoms with Gasteiger partial charge in [0.25, 0.3) is 0 Å². The van der Waals surface area contributed by atoms with Gasteiger partial charge in [0.05, 0.1) is 0 Å². The summed E-state index contributed by atoms with van der Waals surface area (Å²) in [6.07, 6.45) is 0. The van der Waals surface area contributed by atoms with Crippen LogP contribution in [-0.2, 0) is 10.3 Å². The molecule has 0 saturated heterocycles. The Morgan fingerprint density at radius 3 is 1.80 bits per heavy atom. The molecule has 4 rings (SSSR count). The fraction of sp³-hybridized carbons (Fsp3) is 0.150. The van der Waals surface area contributed by atoms with Crippen molar-refractivity contribution in [2.24, 2.45) is 0 Å². The molecule has 0 unspecified atom stereocenters. The molecule has 2 aromatic carbocycles. The summed E-state index contributed by atoms with van der Waals surface area (Å²) in [5.41, 5.74) is 0.925. The normalized spacial score (nSPS) is 12.0. The average molecular weight is 367 g/mol. The van der Waals surface area contributed by atoms with Gasteiger partial charge in [-0.15, -0.1) is 22.7 Å². The van der Waals surface area contributed by atoms with Gasteiger partial charge in [0.15, 0.2) is 0 Å². The first-order valence-electron chi connectivity index (χ1n) is 7.96. The number of nitrogens with zero attached hydrogens (tertiary/aromatic N) is 1. The fourth-order valence-electron chi connectivity index (χ4n) is 3.40. The third-order valence-corrected chi connectivity index (χ3v) is 6.66. The predicted octanol–water partition coefficient (Wildman–Crippen LogP) is 5.62. The summed E-state index contributed by atoms with van der Waals surface area (Å²) in [4.78, 5) is 12.1. The second kappa shape index (κ2) is 5.95. The number of benzene rings is 2. The van der Waals surface area contributed by atoms with Crippen LogP contribution in [0.25, 0.3) is 20.2 Å². The molecule has 0 atom stereocenters. The number of hydrogen-bond acceptors (Lipinski definition) is 4. The van der Waals surface area contributed by atoms with Crippen LogP contribution < -0.4 is 0 Å². The van der Waals surface area contributed by atoms with Gasteiger partial charge in [-0.2, -0.15) is 0 Å². The molecule has 0 radical (unpaired) electrons. The van der Waals surface area contributed by atoms with Crippen LogP contribution in [0.4, 0.5) is 0 Å². The Morgan fingerprint density at radius 2 is 1.36 bits per heavy atom. The highest BCUT2D eigenvalue weighted by atomic mass is 32.1. The second-order valence-corrected chi connectivity index (χ2v) is 8.02. The van der Waals surface area contributed by atoms with E-state index in [1.807, 2.05) is 54.1 Å². The van der Waals surface area contributed by atoms with Crippen LogP contribution in [0.3, 0.4) is 0 Å². The molecule has 2 aromatic heterocycles. The van der Waals surface area contributed by atoms with Crippen LogP contribution in [0.15, 0.2) is 59.3 Å². The minimum atomic E-state index is -0.953. The highest BCUT2D eigenvalue weighted by Crippen LogP contribution is 2.45. The van der Waals surface area contributed by atoms with Crippen LogP contribution in [0.2, 0.25) is 0 Å². The maximum atomic E-state index is 12.1. The van der Waals surface area contributed by atoms with E-state index in [0.717, 1.165) is 36.4 Å². The molecule has 1 amide bonds. The Labute approximate surface area is 153 Å². The van der Waals surface area contributed by atoms with Gasteiger partial charge in [0.1, 0.15) is 5.54 Å². The van der Waals surface area contributed by atoms with Crippen molar-refractivity contribution in [1.29, 1.82) is 0 Å². The molecule has 0 spiro atoms. The molecule has 5 heteroatoms. The Hall–Kier alpha value is -2.21. The van der Waals surface area contributed by atoms with Gasteiger partial charge in [0, 0.05) is 27.5 Å². The minimum Gasteiger partial charge on any atom is -0.285 e. The number of carbonyl (C=O) groups excluding carboxylic acids is 1. The van der Waals surface area contributed by atoms with E-state index in [2.05, 4.69) is 12.1 Å². The molecule has 2 heterocycles. The Morgan fingerprint density at radius 1 is 0.920 bits per heavy atom. The summed E-state index contributed by atoms with van der Waals surface area (Å²) in [5.74, 6) is -0.381. The van der Waals surface area contributed by atoms with Crippen molar-refractivity contribution in [3.63, 3.8) is 0 Å². The molecule has 4 aromatic rings. The highest BCUT2D eigenvalue weighted by Gasteiger charge is 2.40. The molecule has 126 valence electrons. The third-order valence-electron chi connectivity index (χ3n) is 4.73. The van der Waals surface area contributed by atoms with Crippen molar-refractivity contribution in [2.45, 2.75) is 19.4 Å². The predicted molar refractivity (Wildman–Crippen MR) is 104 cm³/mol. The van der Waals surface area contributed by atoms with Gasteiger partial charge in [-0.25, -0.2) is 5.06 Å². The van der Waals surface area contributed by atoms with E-state index >= 15 is 0 Å². The SMILES string of the molecule is CC(=O)N(O)C(C)(c1csc2ccccc12)c1csc2ccccc12. The maximum Gasteiger partial charge on any atom is 0.243 e. The molecular weight excluding hydrogens is 350 g/mol. The topological polar surface area (TPSA) is 40.5 Å². The third kappa shape index (κ3) is 2.39. The number of carbonyl (C=O) groups is 1. The first kappa shape index (κ1) is 16.3. The minimum absolute atomic E-state index is 0.381. The van der Waals surface area contributed by atoms with Crippen molar-refractivity contribution in [3.8, 4) is 0 Å². The number of amides is 1. The molecule has 25 heavy (non-hydrogen) atoms. The lowest BCUT2D eigenvalue weighted by atomic mass is 9.83. The average Bonchev–Trinajstić information content (AvgIpc) is 3.25. The quantitative estimate of drug-likeness (QED) is 0.377. The molecular formula is C20H17NO2S2. The standard InChI is InChI=1S/C20H17NO2S2/c1-13(22)21(23)20(2,16-11-24-18-9-5-3-7-14(16)18)17-12-25-19-10-6-4-8-15(17)19/h3-12,23H,1-2H3. The van der Waals surface area contributed by atoms with Crippen LogP contribution in [0, 0.1) is 0 Å². The van der Waals surface area contributed by atoms with Crippen molar-refractivity contribution in [3.05, 3.63) is 70.4 Å². The van der Waals surface area contributed by atoms with Crippen molar-refractivity contribution in [1.82, 2.24) is 5.06 Å². The number of hydroxylamine groups is 2. The molecule has 0 aliphatic rings. The van der Waals surface area contributed by atoms with E-state index in [0.29, 0.717) is 0 Å². The Bertz CT molecular complexity index is 1010. The lowest BCUT2D eigenvalue weighted by molar-refractivity contribution is -0.184. The molecule has 3 nitrogen and oxygen atoms in total. The zero-order valence-electron chi connectivity index (χ0n) is 13.9. The molecule has 0 aliphatic carbocycles. The summed E-state index contributed by atoms with van der Waals surface area (Å²) in [7, 11) is 0. The molecule has 0 aliphatic heterocycles. The van der Waals surface area contributed by atoms with Crippen LogP contribution in [0.1, 0.15) is 25.0 Å². The monoisotopic (exact) mass is 367 g/mol.